The van der Waals surface area contributed by atoms with Gasteiger partial charge in [0.1, 0.15) is 6.33 Å². The number of hydrogen-bond donors (Lipinski definition) is 0. The average Bonchev–Trinajstić information content (AvgIpc) is 2.65. The van der Waals surface area contributed by atoms with Crippen molar-refractivity contribution in [2.75, 3.05) is 0 Å². The van der Waals surface area contributed by atoms with Gasteiger partial charge in [0.05, 0.1) is 5.69 Å². The largest absolute Gasteiger partial charge is 0.242 e. The Morgan fingerprint density at radius 2 is 1.94 bits per heavy atom. The van der Waals surface area contributed by atoms with Gasteiger partial charge >= 0.3 is 0 Å². The maximum absolute atomic E-state index is 4.52. The zero-order valence-corrected chi connectivity index (χ0v) is 10.1. The van der Waals surface area contributed by atoms with E-state index in [1.165, 1.54) is 0 Å². The highest BCUT2D eigenvalue weighted by Crippen LogP contribution is 2.20. The first-order valence-electron chi connectivity index (χ1n) is 5.32. The molecular formula is C12H16N4. The Morgan fingerprint density at radius 3 is 2.50 bits per heavy atom. The first kappa shape index (κ1) is 10.8. The third kappa shape index (κ3) is 2.10. The number of aromatic nitrogens is 4. The van der Waals surface area contributed by atoms with Crippen LogP contribution in [0.4, 0.5) is 0 Å². The second-order valence-electron chi connectivity index (χ2n) is 4.91. The van der Waals surface area contributed by atoms with Gasteiger partial charge < -0.3 is 0 Å². The lowest BCUT2D eigenvalue weighted by molar-refractivity contribution is 0.559. The lowest BCUT2D eigenvalue weighted by Crippen LogP contribution is -2.12. The number of hydrogen-bond acceptors (Lipinski definition) is 3. The summed E-state index contributed by atoms with van der Waals surface area (Å²) in [7, 11) is 0. The zero-order chi connectivity index (χ0) is 11.8. The van der Waals surface area contributed by atoms with E-state index in [4.69, 9.17) is 0 Å². The van der Waals surface area contributed by atoms with Crippen LogP contribution in [0.15, 0.2) is 24.7 Å². The summed E-state index contributed by atoms with van der Waals surface area (Å²) in [6.45, 7) is 8.38. The highest BCUT2D eigenvalue weighted by atomic mass is 15.3. The summed E-state index contributed by atoms with van der Waals surface area (Å²) in [6, 6.07) is 3.94. The van der Waals surface area contributed by atoms with Crippen molar-refractivity contribution in [1.82, 2.24) is 19.7 Å². The van der Waals surface area contributed by atoms with Crippen molar-refractivity contribution in [1.29, 1.82) is 0 Å². The predicted molar refractivity (Wildman–Crippen MR) is 62.6 cm³/mol. The summed E-state index contributed by atoms with van der Waals surface area (Å²) in [5, 5.41) is 4.52. The van der Waals surface area contributed by atoms with Gasteiger partial charge in [0.2, 0.25) is 0 Å². The van der Waals surface area contributed by atoms with Crippen LogP contribution in [0.1, 0.15) is 32.2 Å². The number of aryl methyl sites for hydroxylation is 1. The Bertz CT molecular complexity index is 494. The molecule has 4 nitrogen and oxygen atoms in total. The van der Waals surface area contributed by atoms with Crippen LogP contribution in [0, 0.1) is 6.92 Å². The van der Waals surface area contributed by atoms with Gasteiger partial charge in [-0.3, -0.25) is 0 Å². The molecule has 0 N–H and O–H groups in total. The Kier molecular flexibility index (Phi) is 2.50. The fourth-order valence-electron chi connectivity index (χ4n) is 1.42. The maximum Gasteiger partial charge on any atom is 0.156 e. The van der Waals surface area contributed by atoms with E-state index in [-0.39, 0.29) is 5.41 Å². The molecule has 0 aliphatic carbocycles. The molecule has 84 valence electrons. The summed E-state index contributed by atoms with van der Waals surface area (Å²) in [5.74, 6) is 0.808. The fraction of sp³-hybridized carbons (Fsp3) is 0.417. The molecule has 2 aromatic rings. The molecule has 4 heteroatoms. The van der Waals surface area contributed by atoms with E-state index in [1.54, 1.807) is 11.0 Å². The van der Waals surface area contributed by atoms with E-state index >= 15 is 0 Å². The van der Waals surface area contributed by atoms with E-state index in [1.807, 2.05) is 25.3 Å². The Hall–Kier alpha value is -1.71. The summed E-state index contributed by atoms with van der Waals surface area (Å²) in [4.78, 5) is 8.26. The van der Waals surface area contributed by atoms with Gasteiger partial charge in [-0.05, 0) is 13.0 Å². The molecule has 0 fully saturated rings. The monoisotopic (exact) mass is 216 g/mol. The van der Waals surface area contributed by atoms with E-state index in [0.29, 0.717) is 0 Å². The molecule has 0 aliphatic rings. The van der Waals surface area contributed by atoms with E-state index in [2.05, 4.69) is 35.8 Å². The van der Waals surface area contributed by atoms with Crippen molar-refractivity contribution in [2.45, 2.75) is 33.1 Å². The first-order chi connectivity index (χ1) is 7.47. The quantitative estimate of drug-likeness (QED) is 0.734. The number of rotatable bonds is 1. The molecule has 2 aromatic heterocycles. The summed E-state index contributed by atoms with van der Waals surface area (Å²) in [5.41, 5.74) is 2.06. The van der Waals surface area contributed by atoms with Crippen LogP contribution in [0.2, 0.25) is 0 Å². The molecular weight excluding hydrogens is 200 g/mol. The van der Waals surface area contributed by atoms with Crippen molar-refractivity contribution in [3.8, 4) is 5.82 Å². The molecule has 0 amide bonds. The Balaban J connectivity index is 2.39. The highest BCUT2D eigenvalue weighted by Gasteiger charge is 2.17. The molecule has 2 heterocycles. The predicted octanol–water partition coefficient (Wildman–Crippen LogP) is 2.27. The van der Waals surface area contributed by atoms with Gasteiger partial charge in [-0.25, -0.2) is 14.6 Å². The maximum atomic E-state index is 4.52. The van der Waals surface area contributed by atoms with Crippen LogP contribution >= 0.6 is 0 Å². The van der Waals surface area contributed by atoms with Gasteiger partial charge in [0.25, 0.3) is 0 Å². The molecule has 0 saturated heterocycles. The molecule has 0 unspecified atom stereocenters. The first-order valence-corrected chi connectivity index (χ1v) is 5.32. The molecule has 0 atom stereocenters. The van der Waals surface area contributed by atoms with Crippen molar-refractivity contribution in [2.24, 2.45) is 0 Å². The van der Waals surface area contributed by atoms with Crippen molar-refractivity contribution >= 4 is 0 Å². The smallest absolute Gasteiger partial charge is 0.156 e. The number of nitrogens with zero attached hydrogens (tertiary/aromatic N) is 4. The summed E-state index contributed by atoms with van der Waals surface area (Å²) < 4.78 is 1.79. The Labute approximate surface area is 95.4 Å². The molecule has 0 radical (unpaired) electrons. The average molecular weight is 216 g/mol. The fourth-order valence-corrected chi connectivity index (χ4v) is 1.42. The molecule has 0 aromatic carbocycles. The van der Waals surface area contributed by atoms with Crippen LogP contribution in [0.25, 0.3) is 5.82 Å². The third-order valence-electron chi connectivity index (χ3n) is 2.38. The van der Waals surface area contributed by atoms with Crippen LogP contribution in [0.3, 0.4) is 0 Å². The highest BCUT2D eigenvalue weighted by molar-refractivity contribution is 5.24. The van der Waals surface area contributed by atoms with Crippen molar-refractivity contribution in [3.05, 3.63) is 36.0 Å². The van der Waals surface area contributed by atoms with E-state index < -0.39 is 0 Å². The molecule has 16 heavy (non-hydrogen) atoms. The molecule has 2 rings (SSSR count). The summed E-state index contributed by atoms with van der Waals surface area (Å²) >= 11 is 0. The minimum atomic E-state index is 0.0628. The topological polar surface area (TPSA) is 43.6 Å². The van der Waals surface area contributed by atoms with Crippen molar-refractivity contribution < 1.29 is 0 Å². The van der Waals surface area contributed by atoms with E-state index in [9.17, 15) is 0 Å². The lowest BCUT2D eigenvalue weighted by atomic mass is 9.93. The standard InChI is InChI=1S/C12H16N4/c1-9-7-11(14-8-13-9)16-6-5-10(15-16)12(2,3)4/h5-8H,1-4H3. The van der Waals surface area contributed by atoms with Crippen LogP contribution in [0.5, 0.6) is 0 Å². The normalized spacial score (nSPS) is 11.8. The molecule has 0 saturated carbocycles. The van der Waals surface area contributed by atoms with Gasteiger partial charge in [0, 0.05) is 23.4 Å². The van der Waals surface area contributed by atoms with E-state index in [0.717, 1.165) is 17.2 Å². The van der Waals surface area contributed by atoms with Crippen LogP contribution < -0.4 is 0 Å². The van der Waals surface area contributed by atoms with Gasteiger partial charge in [0.15, 0.2) is 5.82 Å². The molecule has 0 spiro atoms. The minimum absolute atomic E-state index is 0.0628. The summed E-state index contributed by atoms with van der Waals surface area (Å²) in [6.07, 6.45) is 3.49. The van der Waals surface area contributed by atoms with Gasteiger partial charge in [-0.15, -0.1) is 0 Å². The van der Waals surface area contributed by atoms with Crippen LogP contribution in [-0.4, -0.2) is 19.7 Å². The van der Waals surface area contributed by atoms with Crippen LogP contribution in [-0.2, 0) is 5.41 Å². The minimum Gasteiger partial charge on any atom is -0.242 e. The van der Waals surface area contributed by atoms with Gasteiger partial charge in [-0.2, -0.15) is 5.10 Å². The second kappa shape index (κ2) is 3.70. The second-order valence-corrected chi connectivity index (χ2v) is 4.91. The zero-order valence-electron chi connectivity index (χ0n) is 10.1. The molecule has 0 bridgehead atoms. The SMILES string of the molecule is Cc1cc(-n2ccc(C(C)(C)C)n2)ncn1. The Morgan fingerprint density at radius 1 is 1.19 bits per heavy atom. The van der Waals surface area contributed by atoms with Crippen molar-refractivity contribution in [3.63, 3.8) is 0 Å². The van der Waals surface area contributed by atoms with Gasteiger partial charge in [-0.1, -0.05) is 20.8 Å². The molecule has 0 aliphatic heterocycles. The third-order valence-corrected chi connectivity index (χ3v) is 2.38. The lowest BCUT2D eigenvalue weighted by Gasteiger charge is -2.14.